The summed E-state index contributed by atoms with van der Waals surface area (Å²) in [5, 5.41) is 14.9. The molecule has 0 aliphatic carbocycles. The minimum Gasteiger partial charge on any atom is -0.376 e. The van der Waals surface area contributed by atoms with Gasteiger partial charge < -0.3 is 10.6 Å². The number of amides is 1. The molecule has 0 atom stereocenters. The van der Waals surface area contributed by atoms with Crippen molar-refractivity contribution in [1.82, 2.24) is 0 Å². The van der Waals surface area contributed by atoms with Gasteiger partial charge in [-0.25, -0.2) is 0 Å². The predicted molar refractivity (Wildman–Crippen MR) is 79.7 cm³/mol. The first-order valence-corrected chi connectivity index (χ1v) is 6.35. The molecular weight excluding hydrogens is 274 g/mol. The Bertz CT molecular complexity index is 664. The molecule has 0 unspecified atom stereocenters. The Morgan fingerprint density at radius 1 is 1.20 bits per heavy atom. The van der Waals surface area contributed by atoms with Gasteiger partial charge in [-0.15, -0.1) is 0 Å². The molecule has 0 saturated carbocycles. The van der Waals surface area contributed by atoms with Crippen molar-refractivity contribution < 1.29 is 4.79 Å². The fourth-order valence-electron chi connectivity index (χ4n) is 1.64. The number of hydrogen-bond acceptors (Lipinski definition) is 3. The average molecular weight is 286 g/mol. The van der Waals surface area contributed by atoms with Gasteiger partial charge in [-0.05, 0) is 30.3 Å². The lowest BCUT2D eigenvalue weighted by Gasteiger charge is -2.09. The van der Waals surface area contributed by atoms with E-state index in [1.54, 1.807) is 48.5 Å². The van der Waals surface area contributed by atoms with E-state index in [0.717, 1.165) is 5.69 Å². The standard InChI is InChI=1S/C15H12ClN3O/c16-13-6-1-2-7-14(13)19-15(20)10-18-12-5-3-4-11(8-12)9-17/h1-8,18H,10H2,(H,19,20). The van der Waals surface area contributed by atoms with Crippen LogP contribution in [0.25, 0.3) is 0 Å². The Balaban J connectivity index is 1.93. The van der Waals surface area contributed by atoms with Gasteiger partial charge in [0.15, 0.2) is 0 Å². The number of benzene rings is 2. The van der Waals surface area contributed by atoms with Crippen molar-refractivity contribution in [2.75, 3.05) is 17.2 Å². The van der Waals surface area contributed by atoms with Crippen LogP contribution in [0.1, 0.15) is 5.56 Å². The predicted octanol–water partition coefficient (Wildman–Crippen LogP) is 3.26. The average Bonchev–Trinajstić information content (AvgIpc) is 2.48. The zero-order valence-corrected chi connectivity index (χ0v) is 11.3. The van der Waals surface area contributed by atoms with E-state index in [1.165, 1.54) is 0 Å². The van der Waals surface area contributed by atoms with Crippen LogP contribution in [0.5, 0.6) is 0 Å². The van der Waals surface area contributed by atoms with Gasteiger partial charge in [0.05, 0.1) is 28.9 Å². The highest BCUT2D eigenvalue weighted by Gasteiger charge is 2.05. The molecule has 1 amide bonds. The first kappa shape index (κ1) is 13.9. The Hall–Kier alpha value is -2.51. The lowest BCUT2D eigenvalue weighted by atomic mass is 10.2. The van der Waals surface area contributed by atoms with Gasteiger partial charge in [0.1, 0.15) is 0 Å². The maximum Gasteiger partial charge on any atom is 0.243 e. The van der Waals surface area contributed by atoms with E-state index < -0.39 is 0 Å². The second-order valence-electron chi connectivity index (χ2n) is 4.07. The summed E-state index contributed by atoms with van der Waals surface area (Å²) in [6.07, 6.45) is 0. The van der Waals surface area contributed by atoms with E-state index in [4.69, 9.17) is 16.9 Å². The molecular formula is C15H12ClN3O. The zero-order valence-electron chi connectivity index (χ0n) is 10.6. The Morgan fingerprint density at radius 3 is 2.75 bits per heavy atom. The van der Waals surface area contributed by atoms with E-state index in [2.05, 4.69) is 10.6 Å². The van der Waals surface area contributed by atoms with Gasteiger partial charge in [-0.3, -0.25) is 4.79 Å². The number of rotatable bonds is 4. The molecule has 0 saturated heterocycles. The molecule has 2 aromatic carbocycles. The second-order valence-corrected chi connectivity index (χ2v) is 4.48. The maximum absolute atomic E-state index is 11.8. The van der Waals surface area contributed by atoms with Crippen LogP contribution in [0.4, 0.5) is 11.4 Å². The summed E-state index contributed by atoms with van der Waals surface area (Å²) < 4.78 is 0. The largest absolute Gasteiger partial charge is 0.376 e. The molecule has 5 heteroatoms. The van der Waals surface area contributed by atoms with Crippen LogP contribution in [0.3, 0.4) is 0 Å². The molecule has 4 nitrogen and oxygen atoms in total. The smallest absolute Gasteiger partial charge is 0.243 e. The van der Waals surface area contributed by atoms with Gasteiger partial charge in [-0.1, -0.05) is 29.8 Å². The van der Waals surface area contributed by atoms with Crippen LogP contribution in [0.15, 0.2) is 48.5 Å². The summed E-state index contributed by atoms with van der Waals surface area (Å²) in [6.45, 7) is 0.0973. The minimum absolute atomic E-state index is 0.0973. The van der Waals surface area contributed by atoms with Crippen LogP contribution in [0, 0.1) is 11.3 Å². The Labute approximate surface area is 122 Å². The highest BCUT2D eigenvalue weighted by atomic mass is 35.5. The molecule has 0 radical (unpaired) electrons. The van der Waals surface area contributed by atoms with Crippen LogP contribution in [-0.2, 0) is 4.79 Å². The molecule has 2 rings (SSSR count). The van der Waals surface area contributed by atoms with Gasteiger partial charge >= 0.3 is 0 Å². The molecule has 0 aliphatic rings. The molecule has 0 fully saturated rings. The third kappa shape index (κ3) is 3.74. The second kappa shape index (κ2) is 6.60. The molecule has 2 aromatic rings. The van der Waals surface area contributed by atoms with Crippen LogP contribution < -0.4 is 10.6 Å². The third-order valence-corrected chi connectivity index (χ3v) is 2.92. The van der Waals surface area contributed by atoms with Crippen molar-refractivity contribution in [2.45, 2.75) is 0 Å². The van der Waals surface area contributed by atoms with E-state index >= 15 is 0 Å². The summed E-state index contributed by atoms with van der Waals surface area (Å²) in [6, 6.07) is 16.0. The molecule has 0 spiro atoms. The molecule has 20 heavy (non-hydrogen) atoms. The summed E-state index contributed by atoms with van der Waals surface area (Å²) in [5.74, 6) is -0.208. The SMILES string of the molecule is N#Cc1cccc(NCC(=O)Nc2ccccc2Cl)c1. The van der Waals surface area contributed by atoms with E-state index in [9.17, 15) is 4.79 Å². The molecule has 2 N–H and O–H groups in total. The third-order valence-electron chi connectivity index (χ3n) is 2.59. The number of hydrogen-bond donors (Lipinski definition) is 2. The van der Waals surface area contributed by atoms with Gasteiger partial charge in [0.25, 0.3) is 0 Å². The number of anilines is 2. The first-order chi connectivity index (χ1) is 9.69. The molecule has 0 aromatic heterocycles. The van der Waals surface area contributed by atoms with Gasteiger partial charge in [0, 0.05) is 5.69 Å². The number of nitrogens with zero attached hydrogens (tertiary/aromatic N) is 1. The molecule has 0 bridgehead atoms. The number of nitriles is 1. The fraction of sp³-hybridized carbons (Fsp3) is 0.0667. The normalized spacial score (nSPS) is 9.60. The lowest BCUT2D eigenvalue weighted by Crippen LogP contribution is -2.21. The van der Waals surface area contributed by atoms with Crippen LogP contribution in [0.2, 0.25) is 5.02 Å². The van der Waals surface area contributed by atoms with Crippen LogP contribution in [-0.4, -0.2) is 12.5 Å². The summed E-state index contributed by atoms with van der Waals surface area (Å²) in [5.41, 5.74) is 1.84. The van der Waals surface area contributed by atoms with Crippen LogP contribution >= 0.6 is 11.6 Å². The topological polar surface area (TPSA) is 64.9 Å². The monoisotopic (exact) mass is 285 g/mol. The fourth-order valence-corrected chi connectivity index (χ4v) is 1.82. The van der Waals surface area contributed by atoms with Gasteiger partial charge in [-0.2, -0.15) is 5.26 Å². The number of halogens is 1. The number of carbonyl (C=O) groups excluding carboxylic acids is 1. The Kier molecular flexibility index (Phi) is 4.59. The highest BCUT2D eigenvalue weighted by molar-refractivity contribution is 6.33. The quantitative estimate of drug-likeness (QED) is 0.906. The summed E-state index contributed by atoms with van der Waals surface area (Å²) in [7, 11) is 0. The highest BCUT2D eigenvalue weighted by Crippen LogP contribution is 2.20. The van der Waals surface area contributed by atoms with Crippen molar-refractivity contribution in [1.29, 1.82) is 5.26 Å². The molecule has 0 heterocycles. The lowest BCUT2D eigenvalue weighted by molar-refractivity contribution is -0.114. The minimum atomic E-state index is -0.208. The van der Waals surface area contributed by atoms with Crippen molar-refractivity contribution in [2.24, 2.45) is 0 Å². The number of nitrogens with one attached hydrogen (secondary N) is 2. The van der Waals surface area contributed by atoms with Crippen molar-refractivity contribution in [3.05, 3.63) is 59.1 Å². The van der Waals surface area contributed by atoms with Crippen molar-refractivity contribution in [3.8, 4) is 6.07 Å². The van der Waals surface area contributed by atoms with Crippen molar-refractivity contribution >= 4 is 28.9 Å². The Morgan fingerprint density at radius 2 is 2.00 bits per heavy atom. The molecule has 0 aliphatic heterocycles. The van der Waals surface area contributed by atoms with E-state index in [1.807, 2.05) is 6.07 Å². The maximum atomic E-state index is 11.8. The first-order valence-electron chi connectivity index (χ1n) is 5.97. The number of carbonyl (C=O) groups is 1. The van der Waals surface area contributed by atoms with Crippen molar-refractivity contribution in [3.63, 3.8) is 0 Å². The van der Waals surface area contributed by atoms with E-state index in [0.29, 0.717) is 16.3 Å². The molecule has 100 valence electrons. The van der Waals surface area contributed by atoms with E-state index in [-0.39, 0.29) is 12.5 Å². The van der Waals surface area contributed by atoms with Gasteiger partial charge in [0.2, 0.25) is 5.91 Å². The summed E-state index contributed by atoms with van der Waals surface area (Å²) in [4.78, 5) is 11.8. The summed E-state index contributed by atoms with van der Waals surface area (Å²) >= 11 is 5.95. The number of para-hydroxylation sites is 1. The zero-order chi connectivity index (χ0) is 14.4.